The number of benzene rings is 1. The lowest BCUT2D eigenvalue weighted by Gasteiger charge is -1.98. The van der Waals surface area contributed by atoms with Crippen LogP contribution >= 0.6 is 43.2 Å². The minimum atomic E-state index is -0.326. The molecular weight excluding hydrogens is 397 g/mol. The second kappa shape index (κ2) is 4.85. The zero-order chi connectivity index (χ0) is 13.6. The van der Waals surface area contributed by atoms with Gasteiger partial charge in [0.2, 0.25) is 0 Å². The van der Waals surface area contributed by atoms with E-state index in [1.807, 2.05) is 0 Å². The van der Waals surface area contributed by atoms with E-state index in [0.29, 0.717) is 16.6 Å². The van der Waals surface area contributed by atoms with Gasteiger partial charge in [-0.15, -0.1) is 11.3 Å². The summed E-state index contributed by atoms with van der Waals surface area (Å²) in [5, 5.41) is 0.723. The van der Waals surface area contributed by atoms with E-state index in [9.17, 15) is 9.18 Å². The number of nitrogens with one attached hydrogen (secondary N) is 1. The van der Waals surface area contributed by atoms with E-state index >= 15 is 0 Å². The van der Waals surface area contributed by atoms with Gasteiger partial charge in [0, 0.05) is 28.2 Å². The van der Waals surface area contributed by atoms with Gasteiger partial charge in [-0.1, -0.05) is 0 Å². The first-order valence-electron chi connectivity index (χ1n) is 5.32. The number of aromatic nitrogens is 1. The fraction of sp³-hybridized carbons (Fsp3) is 0. The Balaban J connectivity index is 2.14. The zero-order valence-corrected chi connectivity index (χ0v) is 13.3. The van der Waals surface area contributed by atoms with Crippen molar-refractivity contribution in [3.8, 4) is 0 Å². The second-order valence-electron chi connectivity index (χ2n) is 3.96. The Bertz CT molecular complexity index is 793. The minimum absolute atomic E-state index is 0.0910. The average molecular weight is 403 g/mol. The summed E-state index contributed by atoms with van der Waals surface area (Å²) in [5.41, 5.74) is 1.76. The van der Waals surface area contributed by atoms with Crippen LogP contribution in [0.25, 0.3) is 10.9 Å². The summed E-state index contributed by atoms with van der Waals surface area (Å²) in [6.07, 6.45) is 1.62. The number of ketones is 1. The Hall–Kier alpha value is -0.980. The van der Waals surface area contributed by atoms with E-state index in [-0.39, 0.29) is 11.6 Å². The molecule has 0 bridgehead atoms. The summed E-state index contributed by atoms with van der Waals surface area (Å²) in [6, 6.07) is 6.12. The Labute approximate surface area is 128 Å². The molecule has 0 unspecified atom stereocenters. The average Bonchev–Trinajstić information content (AvgIpc) is 2.91. The maximum Gasteiger partial charge on any atom is 0.197 e. The number of thiophene rings is 1. The molecule has 0 aliphatic carbocycles. The third kappa shape index (κ3) is 2.28. The molecule has 0 aliphatic rings. The predicted molar refractivity (Wildman–Crippen MR) is 81.4 cm³/mol. The molecule has 19 heavy (non-hydrogen) atoms. The summed E-state index contributed by atoms with van der Waals surface area (Å²) >= 11 is 8.17. The van der Waals surface area contributed by atoms with Gasteiger partial charge in [-0.2, -0.15) is 0 Å². The van der Waals surface area contributed by atoms with Crippen LogP contribution in [-0.4, -0.2) is 10.8 Å². The monoisotopic (exact) mass is 401 g/mol. The number of halogens is 3. The molecule has 2 aromatic heterocycles. The lowest BCUT2D eigenvalue weighted by atomic mass is 10.1. The Morgan fingerprint density at radius 2 is 2.00 bits per heavy atom. The highest BCUT2D eigenvalue weighted by molar-refractivity contribution is 9.12. The van der Waals surface area contributed by atoms with Crippen molar-refractivity contribution in [2.45, 2.75) is 0 Å². The maximum atomic E-state index is 13.1. The highest BCUT2D eigenvalue weighted by atomic mass is 79.9. The normalized spacial score (nSPS) is 11.1. The fourth-order valence-corrected chi connectivity index (χ4v) is 4.72. The van der Waals surface area contributed by atoms with Crippen LogP contribution in [0.2, 0.25) is 0 Å². The van der Waals surface area contributed by atoms with E-state index in [4.69, 9.17) is 0 Å². The lowest BCUT2D eigenvalue weighted by molar-refractivity contribution is 0.104. The van der Waals surface area contributed by atoms with Crippen molar-refractivity contribution in [3.63, 3.8) is 0 Å². The highest BCUT2D eigenvalue weighted by Crippen LogP contribution is 2.34. The van der Waals surface area contributed by atoms with Gasteiger partial charge >= 0.3 is 0 Å². The van der Waals surface area contributed by atoms with Crippen LogP contribution in [0, 0.1) is 5.82 Å². The number of aromatic amines is 1. The number of fused-ring (bicyclic) bond motifs is 1. The molecule has 0 atom stereocenters. The van der Waals surface area contributed by atoms with Crippen molar-refractivity contribution in [2.75, 3.05) is 0 Å². The summed E-state index contributed by atoms with van der Waals surface area (Å²) in [7, 11) is 0. The number of carbonyl (C=O) groups excluding carboxylic acids is 1. The number of hydrogen-bond acceptors (Lipinski definition) is 2. The third-order valence-electron chi connectivity index (χ3n) is 2.79. The van der Waals surface area contributed by atoms with Crippen molar-refractivity contribution < 1.29 is 9.18 Å². The minimum Gasteiger partial charge on any atom is -0.360 e. The van der Waals surface area contributed by atoms with Gasteiger partial charge in [-0.3, -0.25) is 4.79 Å². The number of H-pyrrole nitrogens is 1. The van der Waals surface area contributed by atoms with E-state index < -0.39 is 0 Å². The molecule has 2 nitrogen and oxygen atoms in total. The van der Waals surface area contributed by atoms with E-state index in [1.54, 1.807) is 18.3 Å². The molecule has 0 aliphatic heterocycles. The molecule has 0 saturated carbocycles. The molecule has 1 N–H and O–H groups in total. The smallest absolute Gasteiger partial charge is 0.197 e. The number of hydrogen-bond donors (Lipinski definition) is 1. The third-order valence-corrected chi connectivity index (χ3v) is 5.13. The molecule has 6 heteroatoms. The van der Waals surface area contributed by atoms with Gasteiger partial charge in [0.05, 0.1) is 7.57 Å². The first-order valence-corrected chi connectivity index (χ1v) is 7.72. The Morgan fingerprint density at radius 3 is 2.68 bits per heavy atom. The Kier molecular flexibility index (Phi) is 3.32. The van der Waals surface area contributed by atoms with Gasteiger partial charge in [0.1, 0.15) is 5.82 Å². The van der Waals surface area contributed by atoms with Gasteiger partial charge in [0.15, 0.2) is 5.78 Å². The molecule has 0 spiro atoms. The molecular formula is C13H6Br2FNOS. The summed E-state index contributed by atoms with van der Waals surface area (Å²) in [6.45, 7) is 0. The van der Waals surface area contributed by atoms with Crippen molar-refractivity contribution in [1.29, 1.82) is 0 Å². The van der Waals surface area contributed by atoms with Gasteiger partial charge < -0.3 is 4.98 Å². The number of carbonyl (C=O) groups is 1. The molecule has 3 aromatic rings. The molecule has 2 heterocycles. The fourth-order valence-electron chi connectivity index (χ4n) is 1.93. The summed E-state index contributed by atoms with van der Waals surface area (Å²) < 4.78 is 14.8. The van der Waals surface area contributed by atoms with Crippen LogP contribution in [0.15, 0.2) is 38.0 Å². The van der Waals surface area contributed by atoms with Gasteiger partial charge in [-0.25, -0.2) is 4.39 Å². The van der Waals surface area contributed by atoms with E-state index in [2.05, 4.69) is 36.8 Å². The van der Waals surface area contributed by atoms with Crippen LogP contribution in [0.4, 0.5) is 4.39 Å². The van der Waals surface area contributed by atoms with E-state index in [1.165, 1.54) is 23.5 Å². The molecule has 0 radical (unpaired) electrons. The predicted octanol–water partition coefficient (Wildman–Crippen LogP) is 5.12. The number of rotatable bonds is 2. The van der Waals surface area contributed by atoms with E-state index in [0.717, 1.165) is 13.0 Å². The van der Waals surface area contributed by atoms with Crippen LogP contribution in [-0.2, 0) is 0 Å². The molecule has 0 saturated heterocycles. The van der Waals surface area contributed by atoms with Crippen LogP contribution in [0.3, 0.4) is 0 Å². The quantitative estimate of drug-likeness (QED) is 0.592. The van der Waals surface area contributed by atoms with Gasteiger partial charge in [-0.05, 0) is 56.1 Å². The van der Waals surface area contributed by atoms with Crippen molar-refractivity contribution in [3.05, 3.63) is 55.0 Å². The SMILES string of the molecule is O=C(c1cc(Br)sc1Br)c1c[nH]c2cc(F)ccc12. The van der Waals surface area contributed by atoms with Crippen LogP contribution in [0.1, 0.15) is 15.9 Å². The lowest BCUT2D eigenvalue weighted by Crippen LogP contribution is -1.99. The molecule has 96 valence electrons. The van der Waals surface area contributed by atoms with Crippen molar-refractivity contribution in [1.82, 2.24) is 4.98 Å². The second-order valence-corrected chi connectivity index (χ2v) is 7.71. The summed E-state index contributed by atoms with van der Waals surface area (Å²) in [5.74, 6) is -0.417. The van der Waals surface area contributed by atoms with Crippen molar-refractivity contribution in [2.24, 2.45) is 0 Å². The molecule has 0 amide bonds. The first-order chi connectivity index (χ1) is 9.06. The standard InChI is InChI=1S/C13H6Br2FNOS/c14-11-4-8(13(15)19-11)12(18)9-5-17-10-3-6(16)1-2-7(9)10/h1-5,17H. The van der Waals surface area contributed by atoms with Crippen LogP contribution in [0.5, 0.6) is 0 Å². The van der Waals surface area contributed by atoms with Crippen molar-refractivity contribution >= 4 is 59.9 Å². The van der Waals surface area contributed by atoms with Crippen LogP contribution < -0.4 is 0 Å². The largest absolute Gasteiger partial charge is 0.360 e. The topological polar surface area (TPSA) is 32.9 Å². The highest BCUT2D eigenvalue weighted by Gasteiger charge is 2.19. The molecule has 0 fully saturated rings. The molecule has 3 rings (SSSR count). The zero-order valence-electron chi connectivity index (χ0n) is 9.34. The Morgan fingerprint density at radius 1 is 1.21 bits per heavy atom. The molecule has 1 aromatic carbocycles. The summed E-state index contributed by atoms with van der Waals surface area (Å²) in [4.78, 5) is 15.4. The first kappa shape index (κ1) is 13.0. The van der Waals surface area contributed by atoms with Gasteiger partial charge in [0.25, 0.3) is 0 Å². The maximum absolute atomic E-state index is 13.1.